The number of benzene rings is 1. The summed E-state index contributed by atoms with van der Waals surface area (Å²) in [6.45, 7) is 6.63. The number of hydrogen-bond acceptors (Lipinski definition) is 3. The molecule has 1 saturated heterocycles. The number of aryl methyl sites for hydroxylation is 2. The first-order chi connectivity index (χ1) is 8.91. The van der Waals surface area contributed by atoms with Gasteiger partial charge in [0.15, 0.2) is 0 Å². The van der Waals surface area contributed by atoms with Crippen molar-refractivity contribution >= 4 is 11.6 Å². The zero-order chi connectivity index (χ0) is 14.2. The predicted octanol–water partition coefficient (Wildman–Crippen LogP) is 2.14. The number of nitrogens with zero attached hydrogens (tertiary/aromatic N) is 1. The van der Waals surface area contributed by atoms with Crippen LogP contribution in [0.25, 0.3) is 0 Å². The van der Waals surface area contributed by atoms with Crippen LogP contribution in [0.5, 0.6) is 0 Å². The summed E-state index contributed by atoms with van der Waals surface area (Å²) in [5.74, 6) is 0.0200. The second kappa shape index (κ2) is 5.21. The van der Waals surface area contributed by atoms with Gasteiger partial charge < -0.3 is 15.4 Å². The Hall–Kier alpha value is -1.55. The lowest BCUT2D eigenvalue weighted by molar-refractivity contribution is 0.0574. The number of nitrogens with two attached hydrogens (primary N) is 1. The standard InChI is InChI=1S/C15H22N2O2/c1-9-7-10(2)13(16)8-12(9)15(18)17(4)14-5-6-19-11(14)3/h7-8,11,14H,5-6,16H2,1-4H3. The van der Waals surface area contributed by atoms with Gasteiger partial charge in [0.1, 0.15) is 0 Å². The lowest BCUT2D eigenvalue weighted by atomic mass is 10.0. The van der Waals surface area contributed by atoms with Crippen LogP contribution in [0.15, 0.2) is 12.1 Å². The summed E-state index contributed by atoms with van der Waals surface area (Å²) in [5.41, 5.74) is 9.24. The number of likely N-dealkylation sites (N-methyl/N-ethyl adjacent to an activating group) is 1. The average Bonchev–Trinajstić information content (AvgIpc) is 2.78. The highest BCUT2D eigenvalue weighted by atomic mass is 16.5. The fraction of sp³-hybridized carbons (Fsp3) is 0.533. The quantitative estimate of drug-likeness (QED) is 0.831. The van der Waals surface area contributed by atoms with Crippen LogP contribution < -0.4 is 5.73 Å². The number of anilines is 1. The van der Waals surface area contributed by atoms with Gasteiger partial charge in [-0.15, -0.1) is 0 Å². The van der Waals surface area contributed by atoms with Crippen molar-refractivity contribution in [3.8, 4) is 0 Å². The highest BCUT2D eigenvalue weighted by molar-refractivity contribution is 5.96. The van der Waals surface area contributed by atoms with E-state index in [9.17, 15) is 4.79 Å². The summed E-state index contributed by atoms with van der Waals surface area (Å²) >= 11 is 0. The van der Waals surface area contributed by atoms with Crippen LogP contribution >= 0.6 is 0 Å². The number of carbonyl (C=O) groups is 1. The fourth-order valence-corrected chi connectivity index (χ4v) is 2.67. The molecule has 0 saturated carbocycles. The molecular formula is C15H22N2O2. The maximum atomic E-state index is 12.6. The molecule has 0 bridgehead atoms. The largest absolute Gasteiger partial charge is 0.398 e. The summed E-state index contributed by atoms with van der Waals surface area (Å²) in [4.78, 5) is 14.4. The number of hydrogen-bond donors (Lipinski definition) is 1. The van der Waals surface area contributed by atoms with Crippen LogP contribution in [0.3, 0.4) is 0 Å². The Kier molecular flexibility index (Phi) is 3.80. The molecule has 2 atom stereocenters. The molecule has 0 aromatic heterocycles. The summed E-state index contributed by atoms with van der Waals surface area (Å²) in [6.07, 6.45) is 0.987. The molecule has 1 aromatic rings. The van der Waals surface area contributed by atoms with Gasteiger partial charge in [-0.2, -0.15) is 0 Å². The van der Waals surface area contributed by atoms with E-state index < -0.39 is 0 Å². The smallest absolute Gasteiger partial charge is 0.254 e. The van der Waals surface area contributed by atoms with E-state index in [1.54, 1.807) is 11.0 Å². The Morgan fingerprint density at radius 3 is 2.63 bits per heavy atom. The topological polar surface area (TPSA) is 55.6 Å². The molecule has 19 heavy (non-hydrogen) atoms. The molecule has 1 aromatic carbocycles. The van der Waals surface area contributed by atoms with Gasteiger partial charge in [-0.25, -0.2) is 0 Å². The van der Waals surface area contributed by atoms with Crippen molar-refractivity contribution in [1.29, 1.82) is 0 Å². The van der Waals surface area contributed by atoms with Gasteiger partial charge in [-0.05, 0) is 44.4 Å². The van der Waals surface area contributed by atoms with E-state index in [-0.39, 0.29) is 18.1 Å². The molecule has 1 aliphatic rings. The molecule has 4 heteroatoms. The molecule has 2 unspecified atom stereocenters. The number of carbonyl (C=O) groups excluding carboxylic acids is 1. The first-order valence-corrected chi connectivity index (χ1v) is 6.67. The highest BCUT2D eigenvalue weighted by Gasteiger charge is 2.31. The summed E-state index contributed by atoms with van der Waals surface area (Å²) in [7, 11) is 1.84. The lowest BCUT2D eigenvalue weighted by Crippen LogP contribution is -2.41. The summed E-state index contributed by atoms with van der Waals surface area (Å²) in [5, 5.41) is 0. The van der Waals surface area contributed by atoms with Gasteiger partial charge in [0.05, 0.1) is 12.1 Å². The number of rotatable bonds is 2. The molecule has 0 radical (unpaired) electrons. The Morgan fingerprint density at radius 2 is 2.05 bits per heavy atom. The normalized spacial score (nSPS) is 22.5. The molecule has 0 aliphatic carbocycles. The van der Waals surface area contributed by atoms with Crippen LogP contribution in [0, 0.1) is 13.8 Å². The summed E-state index contributed by atoms with van der Waals surface area (Å²) in [6, 6.07) is 3.89. The van der Waals surface area contributed by atoms with Crippen LogP contribution in [-0.2, 0) is 4.74 Å². The molecule has 2 N–H and O–H groups in total. The third kappa shape index (κ3) is 2.59. The molecule has 2 rings (SSSR count). The van der Waals surface area contributed by atoms with E-state index in [1.807, 2.05) is 33.9 Å². The second-order valence-corrected chi connectivity index (χ2v) is 5.37. The monoisotopic (exact) mass is 262 g/mol. The first-order valence-electron chi connectivity index (χ1n) is 6.67. The number of amides is 1. The zero-order valence-electron chi connectivity index (χ0n) is 12.1. The van der Waals surface area contributed by atoms with E-state index in [2.05, 4.69) is 0 Å². The molecule has 0 spiro atoms. The van der Waals surface area contributed by atoms with Crippen molar-refractivity contribution in [3.63, 3.8) is 0 Å². The molecule has 1 amide bonds. The van der Waals surface area contributed by atoms with Gasteiger partial charge in [0.25, 0.3) is 5.91 Å². The molecule has 1 aliphatic heterocycles. The van der Waals surface area contributed by atoms with E-state index >= 15 is 0 Å². The summed E-state index contributed by atoms with van der Waals surface area (Å²) < 4.78 is 5.53. The SMILES string of the molecule is Cc1cc(C)c(C(=O)N(C)C2CCOC2C)cc1N. The van der Waals surface area contributed by atoms with Gasteiger partial charge in [0, 0.05) is 24.9 Å². The maximum Gasteiger partial charge on any atom is 0.254 e. The van der Waals surface area contributed by atoms with Crippen LogP contribution in [-0.4, -0.2) is 36.6 Å². The third-order valence-electron chi connectivity index (χ3n) is 4.00. The van der Waals surface area contributed by atoms with Crippen LogP contribution in [0.1, 0.15) is 34.8 Å². The first kappa shape index (κ1) is 13.9. The minimum atomic E-state index is 0.0200. The van der Waals surface area contributed by atoms with Gasteiger partial charge in [0.2, 0.25) is 0 Å². The van der Waals surface area contributed by atoms with Crippen molar-refractivity contribution in [1.82, 2.24) is 4.90 Å². The van der Waals surface area contributed by atoms with E-state index in [1.165, 1.54) is 0 Å². The average molecular weight is 262 g/mol. The van der Waals surface area contributed by atoms with Crippen LogP contribution in [0.4, 0.5) is 5.69 Å². The van der Waals surface area contributed by atoms with Crippen molar-refractivity contribution in [3.05, 3.63) is 28.8 Å². The van der Waals surface area contributed by atoms with Gasteiger partial charge >= 0.3 is 0 Å². The molecule has 1 fully saturated rings. The number of nitrogen functional groups attached to an aromatic ring is 1. The zero-order valence-corrected chi connectivity index (χ0v) is 12.1. The van der Waals surface area contributed by atoms with E-state index in [0.717, 1.165) is 24.2 Å². The molecule has 4 nitrogen and oxygen atoms in total. The molecule has 104 valence electrons. The Morgan fingerprint density at radius 1 is 1.37 bits per heavy atom. The molecular weight excluding hydrogens is 240 g/mol. The maximum absolute atomic E-state index is 12.6. The molecule has 1 heterocycles. The van der Waals surface area contributed by atoms with Crippen molar-refractivity contribution in [2.45, 2.75) is 39.3 Å². The fourth-order valence-electron chi connectivity index (χ4n) is 2.67. The van der Waals surface area contributed by atoms with Crippen LogP contribution in [0.2, 0.25) is 0 Å². The Bertz CT molecular complexity index is 499. The van der Waals surface area contributed by atoms with Crippen molar-refractivity contribution in [2.24, 2.45) is 0 Å². The second-order valence-electron chi connectivity index (χ2n) is 5.37. The van der Waals surface area contributed by atoms with Crippen molar-refractivity contribution in [2.75, 3.05) is 19.4 Å². The van der Waals surface area contributed by atoms with E-state index in [4.69, 9.17) is 10.5 Å². The Balaban J connectivity index is 2.26. The minimum absolute atomic E-state index is 0.0200. The predicted molar refractivity (Wildman–Crippen MR) is 76.2 cm³/mol. The Labute approximate surface area is 114 Å². The highest BCUT2D eigenvalue weighted by Crippen LogP contribution is 2.23. The third-order valence-corrected chi connectivity index (χ3v) is 4.00. The minimum Gasteiger partial charge on any atom is -0.398 e. The lowest BCUT2D eigenvalue weighted by Gasteiger charge is -2.27. The van der Waals surface area contributed by atoms with Gasteiger partial charge in [-0.3, -0.25) is 4.79 Å². The number of ether oxygens (including phenoxy) is 1. The van der Waals surface area contributed by atoms with Crippen molar-refractivity contribution < 1.29 is 9.53 Å². The van der Waals surface area contributed by atoms with Gasteiger partial charge in [-0.1, -0.05) is 6.07 Å². The van der Waals surface area contributed by atoms with E-state index in [0.29, 0.717) is 11.3 Å².